The molecular weight excluding hydrogens is 475 g/mol. The van der Waals surface area contributed by atoms with Crippen LogP contribution in [-0.2, 0) is 4.79 Å². The average Bonchev–Trinajstić information content (AvgIpc) is 2.61. The van der Waals surface area contributed by atoms with Gasteiger partial charge in [0.2, 0.25) is 5.91 Å². The molecule has 1 amide bonds. The third kappa shape index (κ3) is 9.98. The number of aliphatic hydroxyl groups is 1. The maximum Gasteiger partial charge on any atom is 0.242 e. The molecule has 0 bridgehead atoms. The highest BCUT2D eigenvalue weighted by Crippen LogP contribution is 2.26. The number of methoxy groups -OCH3 is 2. The van der Waals surface area contributed by atoms with Gasteiger partial charge in [-0.25, -0.2) is 4.99 Å². The Hall–Kier alpha value is -1.75. The Morgan fingerprint density at radius 2 is 1.71 bits per heavy atom. The quantitative estimate of drug-likeness (QED) is 0.243. The molecule has 0 radical (unpaired) electrons. The van der Waals surface area contributed by atoms with Crippen LogP contribution in [0.5, 0.6) is 11.5 Å². The topological polar surface area (TPSA) is 104 Å². The van der Waals surface area contributed by atoms with E-state index in [4.69, 9.17) is 9.47 Å². The van der Waals surface area contributed by atoms with Gasteiger partial charge in [0.1, 0.15) is 18.0 Å². The molecule has 0 aliphatic rings. The van der Waals surface area contributed by atoms with E-state index in [0.717, 1.165) is 0 Å². The molecule has 1 aromatic carbocycles. The highest BCUT2D eigenvalue weighted by atomic mass is 127. The fraction of sp³-hybridized carbons (Fsp3) is 0.579. The van der Waals surface area contributed by atoms with E-state index in [2.05, 4.69) is 20.9 Å². The van der Waals surface area contributed by atoms with Crippen molar-refractivity contribution in [1.29, 1.82) is 0 Å². The van der Waals surface area contributed by atoms with E-state index >= 15 is 0 Å². The Bertz CT molecular complexity index is 625. The molecule has 0 saturated heterocycles. The van der Waals surface area contributed by atoms with E-state index in [0.29, 0.717) is 29.6 Å². The molecule has 0 aliphatic heterocycles. The monoisotopic (exact) mass is 508 g/mol. The van der Waals surface area contributed by atoms with Crippen molar-refractivity contribution in [2.45, 2.75) is 39.3 Å². The number of hydrogen-bond donors (Lipinski definition) is 4. The minimum Gasteiger partial charge on any atom is -0.497 e. The minimum absolute atomic E-state index is 0. The number of aliphatic imine (C=N–C) groups is 1. The van der Waals surface area contributed by atoms with Crippen LogP contribution in [0.3, 0.4) is 0 Å². The normalized spacial score (nSPS) is 12.5. The largest absolute Gasteiger partial charge is 0.497 e. The Morgan fingerprint density at radius 1 is 1.14 bits per heavy atom. The fourth-order valence-electron chi connectivity index (χ4n) is 2.28. The Labute approximate surface area is 184 Å². The lowest BCUT2D eigenvalue weighted by molar-refractivity contribution is -0.121. The van der Waals surface area contributed by atoms with Gasteiger partial charge in [-0.15, -0.1) is 24.0 Å². The SMILES string of the molecule is CCNC(=NCC(=O)NC(C)(C)C)NCC(O)c1cc(OC)cc(OC)c1.I. The van der Waals surface area contributed by atoms with Gasteiger partial charge in [-0.3, -0.25) is 4.79 Å². The van der Waals surface area contributed by atoms with Crippen molar-refractivity contribution in [3.8, 4) is 11.5 Å². The van der Waals surface area contributed by atoms with Crippen LogP contribution < -0.4 is 25.4 Å². The Kier molecular flexibility index (Phi) is 11.9. The first-order chi connectivity index (χ1) is 12.7. The summed E-state index contributed by atoms with van der Waals surface area (Å²) in [5, 5.41) is 19.4. The molecule has 9 heteroatoms. The Morgan fingerprint density at radius 3 is 2.18 bits per heavy atom. The lowest BCUT2D eigenvalue weighted by Crippen LogP contribution is -2.43. The first-order valence-electron chi connectivity index (χ1n) is 8.92. The van der Waals surface area contributed by atoms with Gasteiger partial charge in [0.25, 0.3) is 0 Å². The van der Waals surface area contributed by atoms with Crippen LogP contribution in [-0.4, -0.2) is 56.4 Å². The number of benzene rings is 1. The number of aliphatic hydroxyl groups excluding tert-OH is 1. The van der Waals surface area contributed by atoms with Gasteiger partial charge in [0, 0.05) is 24.7 Å². The van der Waals surface area contributed by atoms with E-state index in [-0.39, 0.29) is 48.5 Å². The van der Waals surface area contributed by atoms with Crippen LogP contribution in [0.25, 0.3) is 0 Å². The zero-order chi connectivity index (χ0) is 20.4. The molecule has 4 N–H and O–H groups in total. The van der Waals surface area contributed by atoms with Crippen LogP contribution in [0, 0.1) is 0 Å². The van der Waals surface area contributed by atoms with Crippen molar-refractivity contribution >= 4 is 35.8 Å². The predicted molar refractivity (Wildman–Crippen MR) is 122 cm³/mol. The molecule has 0 fully saturated rings. The third-order valence-electron chi connectivity index (χ3n) is 3.46. The van der Waals surface area contributed by atoms with Gasteiger partial charge in [0.15, 0.2) is 5.96 Å². The summed E-state index contributed by atoms with van der Waals surface area (Å²) in [5.74, 6) is 1.49. The summed E-state index contributed by atoms with van der Waals surface area (Å²) in [6.07, 6.45) is -0.804. The van der Waals surface area contributed by atoms with Crippen molar-refractivity contribution in [2.24, 2.45) is 4.99 Å². The fourth-order valence-corrected chi connectivity index (χ4v) is 2.28. The van der Waals surface area contributed by atoms with Crippen molar-refractivity contribution < 1.29 is 19.4 Å². The summed E-state index contributed by atoms with van der Waals surface area (Å²) in [6, 6.07) is 5.23. The van der Waals surface area contributed by atoms with E-state index < -0.39 is 6.10 Å². The number of amides is 1. The summed E-state index contributed by atoms with van der Waals surface area (Å²) >= 11 is 0. The molecule has 28 heavy (non-hydrogen) atoms. The van der Waals surface area contributed by atoms with Gasteiger partial charge in [-0.2, -0.15) is 0 Å². The van der Waals surface area contributed by atoms with Crippen molar-refractivity contribution in [1.82, 2.24) is 16.0 Å². The highest BCUT2D eigenvalue weighted by Gasteiger charge is 2.14. The molecule has 1 aromatic rings. The number of guanidine groups is 1. The highest BCUT2D eigenvalue weighted by molar-refractivity contribution is 14.0. The molecule has 8 nitrogen and oxygen atoms in total. The summed E-state index contributed by atoms with van der Waals surface area (Å²) < 4.78 is 10.4. The maximum absolute atomic E-state index is 11.9. The molecular formula is C19H33IN4O4. The van der Waals surface area contributed by atoms with E-state index in [9.17, 15) is 9.90 Å². The van der Waals surface area contributed by atoms with E-state index in [1.807, 2.05) is 27.7 Å². The zero-order valence-electron chi connectivity index (χ0n) is 17.5. The van der Waals surface area contributed by atoms with Crippen LogP contribution in [0.15, 0.2) is 23.2 Å². The number of hydrogen-bond acceptors (Lipinski definition) is 5. The first kappa shape index (κ1) is 26.2. The summed E-state index contributed by atoms with van der Waals surface area (Å²) in [4.78, 5) is 16.2. The van der Waals surface area contributed by atoms with E-state index in [1.165, 1.54) is 0 Å². The molecule has 1 atom stereocenters. The third-order valence-corrected chi connectivity index (χ3v) is 3.46. The molecule has 0 spiro atoms. The van der Waals surface area contributed by atoms with Gasteiger partial charge in [-0.05, 0) is 45.4 Å². The number of carbonyl (C=O) groups is 1. The van der Waals surface area contributed by atoms with Crippen LogP contribution in [0.2, 0.25) is 0 Å². The second-order valence-electron chi connectivity index (χ2n) is 7.04. The molecule has 160 valence electrons. The molecule has 1 rings (SSSR count). The molecule has 1 unspecified atom stereocenters. The Balaban J connectivity index is 0.00000729. The van der Waals surface area contributed by atoms with E-state index in [1.54, 1.807) is 32.4 Å². The van der Waals surface area contributed by atoms with Crippen molar-refractivity contribution in [3.05, 3.63) is 23.8 Å². The molecule has 0 saturated carbocycles. The molecule has 0 heterocycles. The summed E-state index contributed by atoms with van der Waals surface area (Å²) in [6.45, 7) is 8.51. The number of ether oxygens (including phenoxy) is 2. The van der Waals surface area contributed by atoms with Gasteiger partial charge >= 0.3 is 0 Å². The number of nitrogens with one attached hydrogen (secondary N) is 3. The summed E-state index contributed by atoms with van der Waals surface area (Å²) in [7, 11) is 3.11. The summed E-state index contributed by atoms with van der Waals surface area (Å²) in [5.41, 5.74) is 0.347. The van der Waals surface area contributed by atoms with Gasteiger partial charge in [-0.1, -0.05) is 0 Å². The van der Waals surface area contributed by atoms with Crippen LogP contribution in [0.1, 0.15) is 39.4 Å². The number of carbonyl (C=O) groups excluding carboxylic acids is 1. The second-order valence-corrected chi connectivity index (χ2v) is 7.04. The number of nitrogens with zero attached hydrogens (tertiary/aromatic N) is 1. The van der Waals surface area contributed by atoms with Crippen molar-refractivity contribution in [2.75, 3.05) is 33.9 Å². The lowest BCUT2D eigenvalue weighted by atomic mass is 10.1. The number of rotatable bonds is 8. The second kappa shape index (κ2) is 12.7. The lowest BCUT2D eigenvalue weighted by Gasteiger charge is -2.20. The first-order valence-corrected chi connectivity index (χ1v) is 8.92. The molecule has 0 aliphatic carbocycles. The van der Waals surface area contributed by atoms with Crippen molar-refractivity contribution in [3.63, 3.8) is 0 Å². The maximum atomic E-state index is 11.9. The van der Waals surface area contributed by atoms with Gasteiger partial charge in [0.05, 0.1) is 20.3 Å². The van der Waals surface area contributed by atoms with Gasteiger partial charge < -0.3 is 30.5 Å². The predicted octanol–water partition coefficient (Wildman–Crippen LogP) is 1.83. The van der Waals surface area contributed by atoms with Crippen LogP contribution in [0.4, 0.5) is 0 Å². The standard InChI is InChI=1S/C19H32N4O4.HI/c1-7-20-18(22-12-17(25)23-19(2,3)4)21-11-16(24)13-8-14(26-5)10-15(9-13)27-6;/h8-10,16,24H,7,11-12H2,1-6H3,(H,23,25)(H2,20,21,22);1H. The number of halogens is 1. The zero-order valence-corrected chi connectivity index (χ0v) is 19.8. The average molecular weight is 508 g/mol. The molecule has 0 aromatic heterocycles. The minimum atomic E-state index is -0.804. The van der Waals surface area contributed by atoms with Crippen LogP contribution >= 0.6 is 24.0 Å². The smallest absolute Gasteiger partial charge is 0.242 e.